The molecule has 216 valence electrons. The summed E-state index contributed by atoms with van der Waals surface area (Å²) in [5.74, 6) is 0. The Balaban J connectivity index is 3.33. The maximum absolute atomic E-state index is 5.94. The number of ether oxygens (including phenoxy) is 4. The van der Waals surface area contributed by atoms with Gasteiger partial charge in [-0.05, 0) is 51.0 Å². The van der Waals surface area contributed by atoms with Gasteiger partial charge in [-0.3, -0.25) is 0 Å². The minimum atomic E-state index is 0.0185. The van der Waals surface area contributed by atoms with E-state index >= 15 is 0 Å². The van der Waals surface area contributed by atoms with Crippen LogP contribution in [0.3, 0.4) is 0 Å². The van der Waals surface area contributed by atoms with Gasteiger partial charge >= 0.3 is 0 Å². The lowest BCUT2D eigenvalue weighted by Gasteiger charge is -2.18. The standard InChI is InChI=1S/C32H64O4/c1-4-7-10-11-18-21-24-27-33-31-34-28-25-22-19-16-14-12-13-15-17-20-23-26-32(35-29-8-5-2)36-30-9-6-3/h25,28,32H,4-24,26-27,29-31H2,1-3H3. The van der Waals surface area contributed by atoms with Crippen molar-refractivity contribution in [3.63, 3.8) is 0 Å². The molecular formula is C32H64O4. The van der Waals surface area contributed by atoms with E-state index in [1.165, 1.54) is 109 Å². The molecule has 0 spiro atoms. The van der Waals surface area contributed by atoms with Crippen LogP contribution < -0.4 is 0 Å². The van der Waals surface area contributed by atoms with E-state index < -0.39 is 0 Å². The summed E-state index contributed by atoms with van der Waals surface area (Å²) >= 11 is 0. The van der Waals surface area contributed by atoms with Gasteiger partial charge in [0.15, 0.2) is 13.1 Å². The Morgan fingerprint density at radius 3 is 1.58 bits per heavy atom. The molecule has 0 heterocycles. The SMILES string of the molecule is CCCCCCCCCOCOC=CCCCCCCCCCCCC(OCCCC)OCCCC. The van der Waals surface area contributed by atoms with Crippen LogP contribution in [0, 0.1) is 0 Å². The van der Waals surface area contributed by atoms with E-state index in [1.807, 2.05) is 6.26 Å². The molecule has 4 heteroatoms. The molecule has 0 aliphatic heterocycles. The van der Waals surface area contributed by atoms with Gasteiger partial charge in [-0.25, -0.2) is 0 Å². The van der Waals surface area contributed by atoms with Gasteiger partial charge in [0.05, 0.1) is 12.9 Å². The lowest BCUT2D eigenvalue weighted by atomic mass is 10.1. The highest BCUT2D eigenvalue weighted by atomic mass is 16.7. The van der Waals surface area contributed by atoms with E-state index in [0.717, 1.165) is 51.9 Å². The van der Waals surface area contributed by atoms with Crippen molar-refractivity contribution in [3.8, 4) is 0 Å². The number of hydrogen-bond donors (Lipinski definition) is 0. The molecule has 0 atom stereocenters. The first-order valence-electron chi connectivity index (χ1n) is 15.9. The molecule has 0 amide bonds. The van der Waals surface area contributed by atoms with Crippen LogP contribution in [0.15, 0.2) is 12.3 Å². The van der Waals surface area contributed by atoms with Crippen LogP contribution in [-0.4, -0.2) is 32.9 Å². The lowest BCUT2D eigenvalue weighted by Crippen LogP contribution is -2.18. The Bertz CT molecular complexity index is 403. The highest BCUT2D eigenvalue weighted by Gasteiger charge is 2.08. The summed E-state index contributed by atoms with van der Waals surface area (Å²) in [6.45, 7) is 9.57. The van der Waals surface area contributed by atoms with Gasteiger partial charge in [-0.2, -0.15) is 0 Å². The molecular weight excluding hydrogens is 448 g/mol. The summed E-state index contributed by atoms with van der Waals surface area (Å²) in [7, 11) is 0. The van der Waals surface area contributed by atoms with Gasteiger partial charge in [0.1, 0.15) is 0 Å². The largest absolute Gasteiger partial charge is 0.475 e. The normalized spacial score (nSPS) is 11.8. The van der Waals surface area contributed by atoms with Crippen molar-refractivity contribution in [1.29, 1.82) is 0 Å². The lowest BCUT2D eigenvalue weighted by molar-refractivity contribution is -0.147. The van der Waals surface area contributed by atoms with Crippen LogP contribution in [0.2, 0.25) is 0 Å². The van der Waals surface area contributed by atoms with Crippen molar-refractivity contribution >= 4 is 0 Å². The predicted molar refractivity (Wildman–Crippen MR) is 155 cm³/mol. The number of allylic oxidation sites excluding steroid dienone is 1. The predicted octanol–water partition coefficient (Wildman–Crippen LogP) is 10.5. The summed E-state index contributed by atoms with van der Waals surface area (Å²) in [5, 5.41) is 0. The zero-order valence-electron chi connectivity index (χ0n) is 24.7. The average Bonchev–Trinajstić information content (AvgIpc) is 2.89. The van der Waals surface area contributed by atoms with Gasteiger partial charge in [0.25, 0.3) is 0 Å². The van der Waals surface area contributed by atoms with Crippen molar-refractivity contribution < 1.29 is 18.9 Å². The van der Waals surface area contributed by atoms with E-state index in [2.05, 4.69) is 26.8 Å². The van der Waals surface area contributed by atoms with Crippen LogP contribution in [0.25, 0.3) is 0 Å². The van der Waals surface area contributed by atoms with Gasteiger partial charge in [0, 0.05) is 13.2 Å². The summed E-state index contributed by atoms with van der Waals surface area (Å²) < 4.78 is 22.8. The number of hydrogen-bond acceptors (Lipinski definition) is 4. The molecule has 0 unspecified atom stereocenters. The first-order chi connectivity index (χ1) is 17.8. The monoisotopic (exact) mass is 512 g/mol. The minimum absolute atomic E-state index is 0.0185. The second-order valence-electron chi connectivity index (χ2n) is 10.3. The van der Waals surface area contributed by atoms with E-state index in [0.29, 0.717) is 6.79 Å². The second kappa shape index (κ2) is 32.4. The van der Waals surface area contributed by atoms with Crippen molar-refractivity contribution in [2.45, 2.75) is 168 Å². The zero-order valence-corrected chi connectivity index (χ0v) is 24.7. The van der Waals surface area contributed by atoms with Crippen molar-refractivity contribution in [3.05, 3.63) is 12.3 Å². The summed E-state index contributed by atoms with van der Waals surface area (Å²) in [6, 6.07) is 0. The highest BCUT2D eigenvalue weighted by Crippen LogP contribution is 2.14. The molecule has 0 aromatic carbocycles. The fourth-order valence-electron chi connectivity index (χ4n) is 4.19. The van der Waals surface area contributed by atoms with Gasteiger partial charge < -0.3 is 18.9 Å². The minimum Gasteiger partial charge on any atom is -0.475 e. The molecule has 0 N–H and O–H groups in total. The molecule has 0 rings (SSSR count). The maximum atomic E-state index is 5.94. The Morgan fingerprint density at radius 1 is 0.500 bits per heavy atom. The van der Waals surface area contributed by atoms with Crippen LogP contribution in [0.4, 0.5) is 0 Å². The van der Waals surface area contributed by atoms with E-state index in [4.69, 9.17) is 18.9 Å². The van der Waals surface area contributed by atoms with Crippen LogP contribution in [-0.2, 0) is 18.9 Å². The molecule has 0 aromatic heterocycles. The highest BCUT2D eigenvalue weighted by molar-refractivity contribution is 4.72. The van der Waals surface area contributed by atoms with Crippen LogP contribution in [0.5, 0.6) is 0 Å². The average molecular weight is 513 g/mol. The zero-order chi connectivity index (χ0) is 26.2. The topological polar surface area (TPSA) is 36.9 Å². The van der Waals surface area contributed by atoms with Crippen LogP contribution in [0.1, 0.15) is 162 Å². The molecule has 4 nitrogen and oxygen atoms in total. The first kappa shape index (κ1) is 35.4. The molecule has 0 bridgehead atoms. The van der Waals surface area contributed by atoms with Gasteiger partial charge in [-0.15, -0.1) is 0 Å². The van der Waals surface area contributed by atoms with Gasteiger partial charge in [-0.1, -0.05) is 117 Å². The third kappa shape index (κ3) is 29.6. The number of unbranched alkanes of at least 4 members (excludes halogenated alkanes) is 17. The fraction of sp³-hybridized carbons (Fsp3) is 0.938. The van der Waals surface area contributed by atoms with E-state index in [-0.39, 0.29) is 6.29 Å². The Kier molecular flexibility index (Phi) is 31.9. The number of rotatable bonds is 31. The summed E-state index contributed by atoms with van der Waals surface area (Å²) in [6.07, 6.45) is 31.9. The maximum Gasteiger partial charge on any atom is 0.188 e. The van der Waals surface area contributed by atoms with Crippen molar-refractivity contribution in [2.24, 2.45) is 0 Å². The molecule has 0 aliphatic carbocycles. The third-order valence-electron chi connectivity index (χ3n) is 6.65. The van der Waals surface area contributed by atoms with Crippen LogP contribution >= 0.6 is 0 Å². The van der Waals surface area contributed by atoms with E-state index in [1.54, 1.807) is 0 Å². The van der Waals surface area contributed by atoms with Gasteiger partial charge in [0.2, 0.25) is 0 Å². The summed E-state index contributed by atoms with van der Waals surface area (Å²) in [5.41, 5.74) is 0. The molecule has 0 aromatic rings. The molecule has 36 heavy (non-hydrogen) atoms. The van der Waals surface area contributed by atoms with Crippen molar-refractivity contribution in [2.75, 3.05) is 26.6 Å². The Labute approximate surface area is 226 Å². The quantitative estimate of drug-likeness (QED) is 0.0526. The molecule has 0 radical (unpaired) electrons. The second-order valence-corrected chi connectivity index (χ2v) is 10.3. The molecule has 0 fully saturated rings. The Hall–Kier alpha value is -0.580. The fourth-order valence-corrected chi connectivity index (χ4v) is 4.19. The first-order valence-corrected chi connectivity index (χ1v) is 15.9. The molecule has 0 saturated carbocycles. The summed E-state index contributed by atoms with van der Waals surface area (Å²) in [4.78, 5) is 0. The van der Waals surface area contributed by atoms with Crippen molar-refractivity contribution in [1.82, 2.24) is 0 Å². The smallest absolute Gasteiger partial charge is 0.188 e. The Morgan fingerprint density at radius 2 is 1.00 bits per heavy atom. The third-order valence-corrected chi connectivity index (χ3v) is 6.65. The molecule has 0 saturated heterocycles. The van der Waals surface area contributed by atoms with E-state index in [9.17, 15) is 0 Å². The molecule has 0 aliphatic rings.